The van der Waals surface area contributed by atoms with Gasteiger partial charge >= 0.3 is 0 Å². The molecule has 25 heavy (non-hydrogen) atoms. The number of nitrogens with zero attached hydrogens (tertiary/aromatic N) is 2. The molecule has 0 aromatic heterocycles. The maximum atomic E-state index is 13.1. The van der Waals surface area contributed by atoms with Crippen LogP contribution in [0.3, 0.4) is 0 Å². The average molecular weight is 360 g/mol. The largest absolute Gasteiger partial charge is 0.351 e. The van der Waals surface area contributed by atoms with Crippen molar-refractivity contribution < 1.29 is 9.72 Å². The average Bonchev–Trinajstić information content (AvgIpc) is 2.61. The van der Waals surface area contributed by atoms with Crippen LogP contribution in [0.1, 0.15) is 37.8 Å². The minimum Gasteiger partial charge on any atom is -0.351 e. The number of nitro benzene ring substituents is 1. The van der Waals surface area contributed by atoms with Gasteiger partial charge in [-0.15, -0.1) is 0 Å². The summed E-state index contributed by atoms with van der Waals surface area (Å²) < 4.78 is 0. The zero-order chi connectivity index (χ0) is 18.0. The van der Waals surface area contributed by atoms with Crippen molar-refractivity contribution >= 4 is 28.9 Å². The third kappa shape index (κ3) is 3.63. The van der Waals surface area contributed by atoms with Gasteiger partial charge in [-0.2, -0.15) is 0 Å². The molecule has 1 aromatic carbocycles. The summed E-state index contributed by atoms with van der Waals surface area (Å²) in [5.41, 5.74) is 1.90. The molecule has 0 saturated carbocycles. The van der Waals surface area contributed by atoms with Crippen LogP contribution >= 0.6 is 12.2 Å². The molecule has 1 saturated heterocycles. The number of likely N-dealkylation sites (tertiary alicyclic amines) is 1. The van der Waals surface area contributed by atoms with E-state index in [2.05, 4.69) is 10.6 Å². The molecular formula is C17H20N4O3S. The summed E-state index contributed by atoms with van der Waals surface area (Å²) in [6.07, 6.45) is 3.13. The fraction of sp³-hybridized carbons (Fsp3) is 0.412. The maximum absolute atomic E-state index is 13.1. The number of hydrogen-bond acceptors (Lipinski definition) is 4. The highest BCUT2D eigenvalue weighted by Gasteiger charge is 2.33. The molecule has 0 aliphatic carbocycles. The molecule has 0 radical (unpaired) electrons. The molecule has 7 nitrogen and oxygen atoms in total. The Hall–Kier alpha value is -2.48. The molecule has 1 amide bonds. The fourth-order valence-corrected chi connectivity index (χ4v) is 3.58. The van der Waals surface area contributed by atoms with E-state index in [1.165, 1.54) is 12.1 Å². The van der Waals surface area contributed by atoms with Crippen LogP contribution in [-0.4, -0.2) is 33.9 Å². The molecule has 8 heteroatoms. The van der Waals surface area contributed by atoms with Gasteiger partial charge in [-0.3, -0.25) is 14.9 Å². The molecule has 1 atom stereocenters. The quantitative estimate of drug-likeness (QED) is 0.489. The van der Waals surface area contributed by atoms with Crippen molar-refractivity contribution in [2.75, 3.05) is 13.1 Å². The lowest BCUT2D eigenvalue weighted by Gasteiger charge is -2.34. The van der Waals surface area contributed by atoms with Gasteiger partial charge in [-0.05, 0) is 44.0 Å². The summed E-state index contributed by atoms with van der Waals surface area (Å²) in [5, 5.41) is 17.6. The van der Waals surface area contributed by atoms with Crippen LogP contribution in [0.4, 0.5) is 5.69 Å². The van der Waals surface area contributed by atoms with Crippen LogP contribution in [0.15, 0.2) is 35.5 Å². The molecule has 2 N–H and O–H groups in total. The van der Waals surface area contributed by atoms with E-state index < -0.39 is 11.0 Å². The van der Waals surface area contributed by atoms with E-state index in [4.69, 9.17) is 12.2 Å². The first kappa shape index (κ1) is 17.3. The Balaban J connectivity index is 1.99. The maximum Gasteiger partial charge on any atom is 0.269 e. The van der Waals surface area contributed by atoms with Crippen LogP contribution in [-0.2, 0) is 4.79 Å². The monoisotopic (exact) mass is 360 g/mol. The van der Waals surface area contributed by atoms with E-state index in [1.54, 1.807) is 12.1 Å². The van der Waals surface area contributed by atoms with E-state index >= 15 is 0 Å². The standard InChI is InChI=1S/C17H20N4O3S/c1-11-14(16(22)20-8-3-2-4-9-20)15(19-17(25)18-11)12-6-5-7-13(10-12)21(23)24/h5-7,10,15H,2-4,8-9H2,1H3,(H2,18,19,25). The second kappa shape index (κ2) is 7.18. The molecule has 0 spiro atoms. The zero-order valence-electron chi connectivity index (χ0n) is 13.9. The second-order valence-corrected chi connectivity index (χ2v) is 6.68. The predicted molar refractivity (Wildman–Crippen MR) is 97.8 cm³/mol. The number of amides is 1. The number of rotatable bonds is 3. The van der Waals surface area contributed by atoms with E-state index in [9.17, 15) is 14.9 Å². The van der Waals surface area contributed by atoms with Crippen molar-refractivity contribution in [1.29, 1.82) is 0 Å². The van der Waals surface area contributed by atoms with E-state index in [1.807, 2.05) is 11.8 Å². The Bertz CT molecular complexity index is 756. The summed E-state index contributed by atoms with van der Waals surface area (Å²) >= 11 is 5.23. The van der Waals surface area contributed by atoms with Gasteiger partial charge in [0.05, 0.1) is 16.5 Å². The number of allylic oxidation sites excluding steroid dienone is 1. The lowest BCUT2D eigenvalue weighted by atomic mass is 9.93. The van der Waals surface area contributed by atoms with Crippen LogP contribution in [0.2, 0.25) is 0 Å². The van der Waals surface area contributed by atoms with Gasteiger partial charge < -0.3 is 15.5 Å². The zero-order valence-corrected chi connectivity index (χ0v) is 14.8. The Morgan fingerprint density at radius 2 is 2.04 bits per heavy atom. The molecule has 2 heterocycles. The number of non-ortho nitro benzene ring substituents is 1. The minimum absolute atomic E-state index is 0.00817. The topological polar surface area (TPSA) is 87.5 Å². The molecule has 2 aliphatic rings. The molecule has 2 aliphatic heterocycles. The highest BCUT2D eigenvalue weighted by Crippen LogP contribution is 2.30. The summed E-state index contributed by atoms with van der Waals surface area (Å²) in [7, 11) is 0. The predicted octanol–water partition coefficient (Wildman–Crippen LogP) is 2.40. The molecule has 132 valence electrons. The van der Waals surface area contributed by atoms with Crippen molar-refractivity contribution in [3.05, 3.63) is 51.2 Å². The van der Waals surface area contributed by atoms with Gasteiger partial charge in [0.2, 0.25) is 0 Å². The van der Waals surface area contributed by atoms with Crippen molar-refractivity contribution in [2.24, 2.45) is 0 Å². The lowest BCUT2D eigenvalue weighted by Crippen LogP contribution is -2.48. The van der Waals surface area contributed by atoms with E-state index in [0.29, 0.717) is 21.9 Å². The highest BCUT2D eigenvalue weighted by molar-refractivity contribution is 7.80. The fourth-order valence-electron chi connectivity index (χ4n) is 3.31. The normalized spacial score (nSPS) is 20.8. The third-order valence-corrected chi connectivity index (χ3v) is 4.78. The first-order valence-electron chi connectivity index (χ1n) is 8.29. The van der Waals surface area contributed by atoms with Gasteiger partial charge in [-0.1, -0.05) is 12.1 Å². The first-order valence-corrected chi connectivity index (χ1v) is 8.70. The number of carbonyl (C=O) groups is 1. The smallest absolute Gasteiger partial charge is 0.269 e. The number of benzene rings is 1. The highest BCUT2D eigenvalue weighted by atomic mass is 32.1. The summed E-state index contributed by atoms with van der Waals surface area (Å²) in [6, 6.07) is 5.82. The van der Waals surface area contributed by atoms with Gasteiger partial charge in [0, 0.05) is 30.9 Å². The van der Waals surface area contributed by atoms with Crippen molar-refractivity contribution in [3.8, 4) is 0 Å². The first-order chi connectivity index (χ1) is 12.0. The number of piperidine rings is 1. The van der Waals surface area contributed by atoms with Crippen molar-refractivity contribution in [2.45, 2.75) is 32.2 Å². The second-order valence-electron chi connectivity index (χ2n) is 6.28. The number of nitrogens with one attached hydrogen (secondary N) is 2. The van der Waals surface area contributed by atoms with Gasteiger partial charge in [0.15, 0.2) is 5.11 Å². The summed E-state index contributed by atoms with van der Waals surface area (Å²) in [5.74, 6) is -0.0452. The molecule has 1 fully saturated rings. The van der Waals surface area contributed by atoms with Crippen molar-refractivity contribution in [3.63, 3.8) is 0 Å². The third-order valence-electron chi connectivity index (χ3n) is 4.56. The number of thiocarbonyl (C=S) groups is 1. The summed E-state index contributed by atoms with van der Waals surface area (Å²) in [6.45, 7) is 3.29. The Kier molecular flexibility index (Phi) is 4.98. The van der Waals surface area contributed by atoms with Gasteiger partial charge in [-0.25, -0.2) is 0 Å². The SMILES string of the molecule is CC1=C(C(=O)N2CCCCC2)C(c2cccc([N+](=O)[O-])c2)NC(=S)N1. The van der Waals surface area contributed by atoms with Crippen LogP contribution in [0, 0.1) is 10.1 Å². The molecule has 0 bridgehead atoms. The van der Waals surface area contributed by atoms with E-state index in [0.717, 1.165) is 32.4 Å². The van der Waals surface area contributed by atoms with Crippen LogP contribution in [0.25, 0.3) is 0 Å². The number of carbonyl (C=O) groups excluding carboxylic acids is 1. The molecule has 1 unspecified atom stereocenters. The minimum atomic E-state index is -0.497. The van der Waals surface area contributed by atoms with Crippen LogP contribution in [0.5, 0.6) is 0 Å². The Labute approximate surface area is 151 Å². The Morgan fingerprint density at radius 3 is 2.72 bits per heavy atom. The van der Waals surface area contributed by atoms with Crippen LogP contribution < -0.4 is 10.6 Å². The summed E-state index contributed by atoms with van der Waals surface area (Å²) in [4.78, 5) is 25.6. The van der Waals surface area contributed by atoms with Gasteiger partial charge in [0.1, 0.15) is 0 Å². The molecule has 3 rings (SSSR count). The van der Waals surface area contributed by atoms with E-state index in [-0.39, 0.29) is 11.6 Å². The lowest BCUT2D eigenvalue weighted by molar-refractivity contribution is -0.384. The Morgan fingerprint density at radius 1 is 1.32 bits per heavy atom. The molecule has 1 aromatic rings. The number of nitro groups is 1. The van der Waals surface area contributed by atoms with Crippen molar-refractivity contribution in [1.82, 2.24) is 15.5 Å². The molecular weight excluding hydrogens is 340 g/mol. The number of hydrogen-bond donors (Lipinski definition) is 2. The van der Waals surface area contributed by atoms with Gasteiger partial charge in [0.25, 0.3) is 11.6 Å².